The molecule has 324 valence electrons. The maximum absolute atomic E-state index is 13.2. The van der Waals surface area contributed by atoms with Crippen LogP contribution in [0.1, 0.15) is 116 Å². The Labute approximate surface area is 353 Å². The molecule has 0 saturated heterocycles. The number of hydrogen-bond donors (Lipinski definition) is 0. The molecule has 0 aliphatic carbocycles. The third-order valence-electron chi connectivity index (χ3n) is 9.70. The van der Waals surface area contributed by atoms with Crippen LogP contribution in [0.25, 0.3) is 0 Å². The zero-order valence-electron chi connectivity index (χ0n) is 36.7. The van der Waals surface area contributed by atoms with Gasteiger partial charge in [-0.15, -0.1) is 35.3 Å². The van der Waals surface area contributed by atoms with Gasteiger partial charge >= 0.3 is 35.8 Å². The molecule has 1 aromatic carbocycles. The van der Waals surface area contributed by atoms with Crippen molar-refractivity contribution in [1.82, 2.24) is 0 Å². The maximum Gasteiger partial charge on any atom is 0.321 e. The van der Waals surface area contributed by atoms with Crippen LogP contribution in [-0.4, -0.2) is 89.7 Å². The third-order valence-corrected chi connectivity index (χ3v) is 13.9. The number of carbonyl (C=O) groups excluding carboxylic acids is 6. The van der Waals surface area contributed by atoms with Crippen LogP contribution in [-0.2, 0) is 74.4 Å². The van der Waals surface area contributed by atoms with Gasteiger partial charge in [0.2, 0.25) is 0 Å². The van der Waals surface area contributed by atoms with E-state index in [2.05, 4.69) is 0 Å². The molecule has 0 heterocycles. The Morgan fingerprint density at radius 2 is 0.544 bits per heavy atom. The molecule has 0 bridgehead atoms. The number of hydrogen-bond acceptors (Lipinski definition) is 15. The Kier molecular flexibility index (Phi) is 21.6. The first-order valence-corrected chi connectivity index (χ1v) is 22.5. The fraction of sp³-hybridized carbons (Fsp3) is 0.714. The van der Waals surface area contributed by atoms with Crippen molar-refractivity contribution in [3.8, 4) is 0 Å². The van der Waals surface area contributed by atoms with E-state index >= 15 is 0 Å². The number of thioether (sulfide) groups is 3. The number of carbonyl (C=O) groups is 6. The molecule has 1 aromatic rings. The second kappa shape index (κ2) is 23.6. The van der Waals surface area contributed by atoms with E-state index in [9.17, 15) is 28.8 Å². The molecule has 0 aliphatic heterocycles. The van der Waals surface area contributed by atoms with Gasteiger partial charge in [0.15, 0.2) is 17.8 Å². The molecule has 0 radical (unpaired) electrons. The van der Waals surface area contributed by atoms with E-state index in [0.717, 1.165) is 33.4 Å². The second-order valence-electron chi connectivity index (χ2n) is 14.8. The molecule has 0 saturated carbocycles. The minimum atomic E-state index is -1.18. The quantitative estimate of drug-likeness (QED) is 0.0561. The lowest BCUT2D eigenvalue weighted by Crippen LogP contribution is -2.42. The summed E-state index contributed by atoms with van der Waals surface area (Å²) in [6, 6.07) is 0. The third kappa shape index (κ3) is 14.1. The zero-order valence-corrected chi connectivity index (χ0v) is 39.2. The van der Waals surface area contributed by atoms with Crippen LogP contribution in [0.2, 0.25) is 0 Å². The summed E-state index contributed by atoms with van der Waals surface area (Å²) in [6.45, 7) is 27.8. The summed E-state index contributed by atoms with van der Waals surface area (Å²) in [5.41, 5.74) is 5.87. The van der Waals surface area contributed by atoms with E-state index in [1.807, 2.05) is 62.3 Å². The van der Waals surface area contributed by atoms with Gasteiger partial charge in [-0.2, -0.15) is 0 Å². The average molecular weight is 859 g/mol. The first-order valence-electron chi connectivity index (χ1n) is 19.6. The van der Waals surface area contributed by atoms with Crippen molar-refractivity contribution in [1.29, 1.82) is 0 Å². The predicted octanol–water partition coefficient (Wildman–Crippen LogP) is 7.87. The number of rotatable bonds is 24. The van der Waals surface area contributed by atoms with Crippen LogP contribution in [0.5, 0.6) is 0 Å². The lowest BCUT2D eigenvalue weighted by atomic mass is 9.90. The summed E-state index contributed by atoms with van der Waals surface area (Å²) in [4.78, 5) is 78.9. The van der Waals surface area contributed by atoms with Crippen molar-refractivity contribution in [3.05, 3.63) is 33.4 Å². The van der Waals surface area contributed by atoms with Crippen LogP contribution in [0.15, 0.2) is 0 Å². The number of ether oxygens (including phenoxy) is 6. The van der Waals surface area contributed by atoms with Crippen molar-refractivity contribution in [2.45, 2.75) is 135 Å². The Morgan fingerprint density at radius 1 is 0.386 bits per heavy atom. The monoisotopic (exact) mass is 858 g/mol. The van der Waals surface area contributed by atoms with Crippen LogP contribution in [0.3, 0.4) is 0 Å². The highest BCUT2D eigenvalue weighted by Crippen LogP contribution is 2.44. The molecule has 15 heteroatoms. The van der Waals surface area contributed by atoms with Gasteiger partial charge in [-0.05, 0) is 137 Å². The fourth-order valence-electron chi connectivity index (χ4n) is 6.41. The second-order valence-corrected chi connectivity index (χ2v) is 19.7. The van der Waals surface area contributed by atoms with Gasteiger partial charge in [-0.3, -0.25) is 28.8 Å². The molecule has 12 nitrogen and oxygen atoms in total. The topological polar surface area (TPSA) is 158 Å². The van der Waals surface area contributed by atoms with Crippen molar-refractivity contribution in [2.75, 3.05) is 39.6 Å². The Morgan fingerprint density at radius 3 is 0.684 bits per heavy atom. The van der Waals surface area contributed by atoms with Gasteiger partial charge in [-0.25, -0.2) is 0 Å². The van der Waals surface area contributed by atoms with Gasteiger partial charge in [0, 0.05) is 31.5 Å². The fourth-order valence-corrected chi connectivity index (χ4v) is 10.3. The van der Waals surface area contributed by atoms with Crippen LogP contribution in [0.4, 0.5) is 0 Å². The van der Waals surface area contributed by atoms with E-state index in [4.69, 9.17) is 28.4 Å². The average Bonchev–Trinajstić information content (AvgIpc) is 3.08. The SMILES string of the molecule is CCOC(=O)C(C(=O)OCC)C(C)(C)SCc1c(C)c(CSC(C)(C)C(C(=O)OCC)C(=O)OCC)c(C)c(CSC(C)(C)C(C(=O)OCC)C(=O)OCC)c1C. The van der Waals surface area contributed by atoms with E-state index in [1.54, 1.807) is 41.5 Å². The van der Waals surface area contributed by atoms with Crippen molar-refractivity contribution in [3.63, 3.8) is 0 Å². The largest absolute Gasteiger partial charge is 0.465 e. The molecular formula is C42H66O12S3. The maximum atomic E-state index is 13.2. The lowest BCUT2D eigenvalue weighted by molar-refractivity contribution is -0.164. The van der Waals surface area contributed by atoms with E-state index in [0.29, 0.717) is 17.3 Å². The Hall–Kier alpha value is -2.91. The van der Waals surface area contributed by atoms with Gasteiger partial charge in [-0.1, -0.05) is 0 Å². The van der Waals surface area contributed by atoms with E-state index in [-0.39, 0.29) is 39.6 Å². The molecule has 57 heavy (non-hydrogen) atoms. The lowest BCUT2D eigenvalue weighted by Gasteiger charge is -2.33. The highest BCUT2D eigenvalue weighted by atomic mass is 32.2. The smallest absolute Gasteiger partial charge is 0.321 e. The van der Waals surface area contributed by atoms with Crippen LogP contribution >= 0.6 is 35.3 Å². The standard InChI is InChI=1S/C42H66O12S3/c1-16-49-34(43)31(35(44)50-17-2)40(10,11)55-22-28-25(7)29(23-56-41(12,13)32(36(45)51-18-3)37(46)52-19-4)27(9)30(26(28)8)24-57-42(14,15)33(38(47)53-20-5)39(48)54-21-6/h31-33H,16-24H2,1-15H3. The Bertz CT molecular complexity index is 1310. The summed E-state index contributed by atoms with van der Waals surface area (Å²) in [5, 5.41) is 0. The molecule has 0 N–H and O–H groups in total. The molecular weight excluding hydrogens is 793 g/mol. The molecule has 0 atom stereocenters. The van der Waals surface area contributed by atoms with Crippen molar-refractivity contribution >= 4 is 71.1 Å². The normalized spacial score (nSPS) is 12.1. The summed E-state index contributed by atoms with van der Waals surface area (Å²) in [7, 11) is 0. The van der Waals surface area contributed by atoms with Crippen molar-refractivity contribution < 1.29 is 57.2 Å². The summed E-state index contributed by atoms with van der Waals surface area (Å²) in [6.07, 6.45) is 0. The van der Waals surface area contributed by atoms with Gasteiger partial charge < -0.3 is 28.4 Å². The molecule has 0 aromatic heterocycles. The molecule has 0 unspecified atom stereocenters. The summed E-state index contributed by atoms with van der Waals surface area (Å²) in [5.74, 6) is -6.22. The molecule has 0 spiro atoms. The van der Waals surface area contributed by atoms with Gasteiger partial charge in [0.1, 0.15) is 0 Å². The van der Waals surface area contributed by atoms with Crippen LogP contribution in [0, 0.1) is 38.5 Å². The molecule has 0 aliphatic rings. The minimum absolute atomic E-state index is 0.112. The first-order chi connectivity index (χ1) is 26.5. The highest BCUT2D eigenvalue weighted by Gasteiger charge is 2.46. The first kappa shape index (κ1) is 52.1. The predicted molar refractivity (Wildman–Crippen MR) is 227 cm³/mol. The number of benzene rings is 1. The van der Waals surface area contributed by atoms with E-state index < -0.39 is 67.8 Å². The van der Waals surface area contributed by atoms with E-state index in [1.165, 1.54) is 35.3 Å². The molecule has 0 fully saturated rings. The van der Waals surface area contributed by atoms with Gasteiger partial charge in [0.25, 0.3) is 0 Å². The number of esters is 6. The summed E-state index contributed by atoms with van der Waals surface area (Å²) >= 11 is 4.30. The Balaban J connectivity index is 3.93. The summed E-state index contributed by atoms with van der Waals surface area (Å²) < 4.78 is 29.1. The molecule has 0 amide bonds. The van der Waals surface area contributed by atoms with Crippen molar-refractivity contribution in [2.24, 2.45) is 17.8 Å². The minimum Gasteiger partial charge on any atom is -0.465 e. The highest BCUT2D eigenvalue weighted by molar-refractivity contribution is 8.00. The zero-order chi connectivity index (χ0) is 43.9. The van der Waals surface area contributed by atoms with Gasteiger partial charge in [0.05, 0.1) is 39.6 Å². The van der Waals surface area contributed by atoms with Crippen LogP contribution < -0.4 is 0 Å². The molecule has 1 rings (SSSR count).